The summed E-state index contributed by atoms with van der Waals surface area (Å²) in [7, 11) is 0. The van der Waals surface area contributed by atoms with E-state index in [-0.39, 0.29) is 11.8 Å². The second-order valence-corrected chi connectivity index (χ2v) is 5.20. The number of nitrogens with one attached hydrogen (secondary N) is 2. The number of hydrogen-bond acceptors (Lipinski definition) is 3. The lowest BCUT2D eigenvalue weighted by Gasteiger charge is -2.11. The van der Waals surface area contributed by atoms with Crippen LogP contribution in [0.2, 0.25) is 0 Å². The number of carbonyl (C=O) groups is 1. The molecule has 0 heterocycles. The van der Waals surface area contributed by atoms with Crippen LogP contribution in [0.1, 0.15) is 18.1 Å². The van der Waals surface area contributed by atoms with Crippen LogP contribution in [-0.4, -0.2) is 24.4 Å². The Kier molecular flexibility index (Phi) is 6.14. The minimum Gasteiger partial charge on any atom is -0.508 e. The number of carbonyl (C=O) groups excluding carboxylic acids is 1. The van der Waals surface area contributed by atoms with Gasteiger partial charge in [0.1, 0.15) is 5.75 Å². The van der Waals surface area contributed by atoms with Crippen molar-refractivity contribution in [1.29, 1.82) is 0 Å². The van der Waals surface area contributed by atoms with Gasteiger partial charge in [0, 0.05) is 12.1 Å². The summed E-state index contributed by atoms with van der Waals surface area (Å²) in [4.78, 5) is 16.1. The molecule has 5 nitrogen and oxygen atoms in total. The van der Waals surface area contributed by atoms with Crippen LogP contribution in [-0.2, 0) is 6.42 Å². The van der Waals surface area contributed by atoms with Gasteiger partial charge in [-0.05, 0) is 43.8 Å². The molecule has 0 unspecified atom stereocenters. The largest absolute Gasteiger partial charge is 0.508 e. The first kappa shape index (κ1) is 17.3. The third-order valence-corrected chi connectivity index (χ3v) is 3.46. The molecule has 0 bridgehead atoms. The van der Waals surface area contributed by atoms with Gasteiger partial charge in [0.15, 0.2) is 0 Å². The number of phenols is 1. The number of aliphatic imine (C=N–C) groups is 1. The molecule has 0 fully saturated rings. The van der Waals surface area contributed by atoms with Gasteiger partial charge < -0.3 is 15.7 Å². The molecule has 0 atom stereocenters. The highest BCUT2D eigenvalue weighted by atomic mass is 16.3. The number of phenolic OH excluding ortho intramolecular Hbond substituents is 1. The van der Waals surface area contributed by atoms with Crippen molar-refractivity contribution in [3.8, 4) is 5.75 Å². The molecule has 24 heavy (non-hydrogen) atoms. The first-order chi connectivity index (χ1) is 11.6. The number of urea groups is 1. The molecule has 0 aliphatic rings. The van der Waals surface area contributed by atoms with Gasteiger partial charge >= 0.3 is 6.03 Å². The first-order valence-corrected chi connectivity index (χ1v) is 7.69. The van der Waals surface area contributed by atoms with E-state index in [0.717, 1.165) is 11.1 Å². The summed E-state index contributed by atoms with van der Waals surface area (Å²) in [6.07, 6.45) is 4.50. The molecule has 5 heteroatoms. The molecule has 2 amide bonds. The Morgan fingerprint density at radius 3 is 2.67 bits per heavy atom. The van der Waals surface area contributed by atoms with Crippen molar-refractivity contribution in [2.75, 3.05) is 11.9 Å². The summed E-state index contributed by atoms with van der Waals surface area (Å²) < 4.78 is 0. The lowest BCUT2D eigenvalue weighted by Crippen LogP contribution is -2.30. The van der Waals surface area contributed by atoms with Gasteiger partial charge in [0.2, 0.25) is 0 Å². The Bertz CT molecular complexity index is 737. The average Bonchev–Trinajstić information content (AvgIpc) is 2.57. The van der Waals surface area contributed by atoms with Crippen molar-refractivity contribution in [1.82, 2.24) is 5.32 Å². The van der Waals surface area contributed by atoms with E-state index in [1.165, 1.54) is 0 Å². The zero-order valence-electron chi connectivity index (χ0n) is 13.6. The Balaban J connectivity index is 1.93. The highest BCUT2D eigenvalue weighted by Crippen LogP contribution is 2.29. The molecule has 0 saturated carbocycles. The summed E-state index contributed by atoms with van der Waals surface area (Å²) in [5.41, 5.74) is 3.19. The molecule has 2 aromatic carbocycles. The van der Waals surface area contributed by atoms with Crippen molar-refractivity contribution in [2.45, 2.75) is 13.3 Å². The summed E-state index contributed by atoms with van der Waals surface area (Å²) in [6, 6.07) is 12.2. The Morgan fingerprint density at radius 1 is 1.25 bits per heavy atom. The van der Waals surface area contributed by atoms with E-state index >= 15 is 0 Å². The zero-order chi connectivity index (χ0) is 17.4. The molecule has 3 N–H and O–H groups in total. The van der Waals surface area contributed by atoms with Crippen molar-refractivity contribution in [3.05, 3.63) is 59.7 Å². The van der Waals surface area contributed by atoms with Crippen LogP contribution in [0.3, 0.4) is 0 Å². The Morgan fingerprint density at radius 2 is 2.00 bits per heavy atom. The Hall–Kier alpha value is -3.08. The molecule has 0 aliphatic heterocycles. The lowest BCUT2D eigenvalue weighted by molar-refractivity contribution is 0.252. The fourth-order valence-electron chi connectivity index (χ4n) is 2.30. The van der Waals surface area contributed by atoms with Gasteiger partial charge in [-0.2, -0.15) is 0 Å². The number of nitrogens with zero attached hydrogens (tertiary/aromatic N) is 1. The van der Waals surface area contributed by atoms with Gasteiger partial charge in [0.25, 0.3) is 0 Å². The fraction of sp³-hybridized carbons (Fsp3) is 0.158. The molecule has 124 valence electrons. The van der Waals surface area contributed by atoms with Crippen molar-refractivity contribution in [3.63, 3.8) is 0 Å². The molecule has 0 saturated heterocycles. The van der Waals surface area contributed by atoms with Crippen LogP contribution in [0.25, 0.3) is 6.08 Å². The standard InChI is InChI=1S/C19H21N3O2/c1-3-5-15-6-4-7-17(18(15)20-2)22-19(24)21-13-12-14-8-10-16(23)11-9-14/h3-11,23H,2,12-13H2,1H3,(H2,21,22,24)/b5-3-. The monoisotopic (exact) mass is 323 g/mol. The van der Waals surface area contributed by atoms with Crippen LogP contribution >= 0.6 is 0 Å². The predicted molar refractivity (Wildman–Crippen MR) is 99.2 cm³/mol. The maximum absolute atomic E-state index is 12.1. The predicted octanol–water partition coefficient (Wildman–Crippen LogP) is 4.12. The Labute approximate surface area is 141 Å². The van der Waals surface area contributed by atoms with Crippen molar-refractivity contribution < 1.29 is 9.90 Å². The summed E-state index contributed by atoms with van der Waals surface area (Å²) in [5.74, 6) is 0.231. The SMILES string of the molecule is C=Nc1c(/C=C\C)cccc1NC(=O)NCCc1ccc(O)cc1. The first-order valence-electron chi connectivity index (χ1n) is 7.69. The number of amides is 2. The smallest absolute Gasteiger partial charge is 0.319 e. The number of benzene rings is 2. The zero-order valence-corrected chi connectivity index (χ0v) is 13.6. The molecule has 0 radical (unpaired) electrons. The van der Waals surface area contributed by atoms with Crippen LogP contribution in [0, 0.1) is 0 Å². The fourth-order valence-corrected chi connectivity index (χ4v) is 2.30. The van der Waals surface area contributed by atoms with Crippen LogP contribution in [0.4, 0.5) is 16.2 Å². The average molecular weight is 323 g/mol. The van der Waals surface area contributed by atoms with Crippen molar-refractivity contribution in [2.24, 2.45) is 4.99 Å². The maximum atomic E-state index is 12.1. The van der Waals surface area contributed by atoms with E-state index in [9.17, 15) is 9.90 Å². The van der Waals surface area contributed by atoms with Gasteiger partial charge in [-0.15, -0.1) is 0 Å². The van der Waals surface area contributed by atoms with Gasteiger partial charge in [0.05, 0.1) is 11.4 Å². The van der Waals surface area contributed by atoms with Gasteiger partial charge in [-0.3, -0.25) is 4.99 Å². The van der Waals surface area contributed by atoms with Crippen LogP contribution < -0.4 is 10.6 Å². The number of rotatable bonds is 6. The number of para-hydroxylation sites is 1. The molecule has 0 aliphatic carbocycles. The maximum Gasteiger partial charge on any atom is 0.319 e. The molecule has 2 aromatic rings. The third kappa shape index (κ3) is 4.71. The normalized spacial score (nSPS) is 10.5. The van der Waals surface area contributed by atoms with Gasteiger partial charge in [-0.1, -0.05) is 36.4 Å². The summed E-state index contributed by atoms with van der Waals surface area (Å²) in [6.45, 7) is 5.98. The van der Waals surface area contributed by atoms with Crippen LogP contribution in [0.5, 0.6) is 5.75 Å². The topological polar surface area (TPSA) is 73.7 Å². The summed E-state index contributed by atoms with van der Waals surface area (Å²) >= 11 is 0. The van der Waals surface area contributed by atoms with Crippen molar-refractivity contribution >= 4 is 30.2 Å². The second-order valence-electron chi connectivity index (χ2n) is 5.20. The molecular formula is C19H21N3O2. The van der Waals surface area contributed by atoms with E-state index < -0.39 is 0 Å². The van der Waals surface area contributed by atoms with E-state index in [0.29, 0.717) is 24.3 Å². The summed E-state index contributed by atoms with van der Waals surface area (Å²) in [5, 5.41) is 14.8. The number of aromatic hydroxyl groups is 1. The second kappa shape index (κ2) is 8.53. The van der Waals surface area contributed by atoms with Crippen LogP contribution in [0.15, 0.2) is 53.5 Å². The van der Waals surface area contributed by atoms with E-state index in [1.807, 2.05) is 43.3 Å². The minimum absolute atomic E-state index is 0.231. The molecule has 0 spiro atoms. The van der Waals surface area contributed by atoms with Gasteiger partial charge in [-0.25, -0.2) is 4.79 Å². The van der Waals surface area contributed by atoms with E-state index in [1.54, 1.807) is 18.2 Å². The highest BCUT2D eigenvalue weighted by molar-refractivity contribution is 5.94. The number of anilines is 1. The quantitative estimate of drug-likeness (QED) is 0.700. The number of hydrogen-bond donors (Lipinski definition) is 3. The third-order valence-electron chi connectivity index (χ3n) is 3.46. The molecule has 2 rings (SSSR count). The minimum atomic E-state index is -0.295. The van der Waals surface area contributed by atoms with E-state index in [2.05, 4.69) is 22.3 Å². The molecular weight excluding hydrogens is 302 g/mol. The lowest BCUT2D eigenvalue weighted by atomic mass is 10.1. The molecule has 0 aromatic heterocycles. The number of allylic oxidation sites excluding steroid dienone is 1. The highest BCUT2D eigenvalue weighted by Gasteiger charge is 2.08. The van der Waals surface area contributed by atoms with E-state index in [4.69, 9.17) is 0 Å².